The van der Waals surface area contributed by atoms with E-state index < -0.39 is 11.7 Å². The van der Waals surface area contributed by atoms with Gasteiger partial charge in [0.1, 0.15) is 0 Å². The van der Waals surface area contributed by atoms with E-state index in [-0.39, 0.29) is 0 Å². The van der Waals surface area contributed by atoms with Crippen molar-refractivity contribution in [2.24, 2.45) is 0 Å². The largest absolute Gasteiger partial charge is 0.416 e. The quantitative estimate of drug-likeness (QED) is 0.756. The molecule has 0 saturated carbocycles. The zero-order chi connectivity index (χ0) is 13.4. The van der Waals surface area contributed by atoms with Gasteiger partial charge in [-0.15, -0.1) is 0 Å². The van der Waals surface area contributed by atoms with Crippen molar-refractivity contribution in [2.45, 2.75) is 25.9 Å². The molecule has 0 fully saturated rings. The van der Waals surface area contributed by atoms with Crippen molar-refractivity contribution in [3.8, 4) is 0 Å². The highest BCUT2D eigenvalue weighted by molar-refractivity contribution is 5.49. The van der Waals surface area contributed by atoms with E-state index in [0.717, 1.165) is 43.6 Å². The first kappa shape index (κ1) is 14.8. The Bertz CT molecular complexity index is 366. The fraction of sp³-hybridized carbons (Fsp3) is 0.429. The third kappa shape index (κ3) is 5.36. The summed E-state index contributed by atoms with van der Waals surface area (Å²) in [6, 6.07) is 5.18. The van der Waals surface area contributed by atoms with Crippen molar-refractivity contribution in [3.63, 3.8) is 0 Å². The lowest BCUT2D eigenvalue weighted by atomic mass is 10.1. The number of nitrogens with one attached hydrogen (secondary N) is 1. The average Bonchev–Trinajstić information content (AvgIpc) is 2.33. The molecule has 4 heteroatoms. The van der Waals surface area contributed by atoms with Crippen LogP contribution in [-0.2, 0) is 6.18 Å². The first-order chi connectivity index (χ1) is 8.54. The molecule has 0 heterocycles. The van der Waals surface area contributed by atoms with Gasteiger partial charge >= 0.3 is 6.18 Å². The predicted octanol–water partition coefficient (Wildman–Crippen LogP) is 4.11. The van der Waals surface area contributed by atoms with Crippen molar-refractivity contribution in [3.05, 3.63) is 41.5 Å². The number of hydrogen-bond donors (Lipinski definition) is 1. The molecule has 1 aromatic rings. The minimum atomic E-state index is -4.26. The van der Waals surface area contributed by atoms with Gasteiger partial charge in [0.2, 0.25) is 0 Å². The van der Waals surface area contributed by atoms with E-state index in [1.54, 1.807) is 0 Å². The van der Waals surface area contributed by atoms with Crippen LogP contribution in [0.1, 0.15) is 30.9 Å². The van der Waals surface area contributed by atoms with E-state index in [2.05, 4.69) is 12.2 Å². The van der Waals surface area contributed by atoms with Crippen LogP contribution in [-0.4, -0.2) is 13.1 Å². The highest BCUT2D eigenvalue weighted by Gasteiger charge is 2.29. The van der Waals surface area contributed by atoms with Crippen LogP contribution in [0.5, 0.6) is 0 Å². The first-order valence-corrected chi connectivity index (χ1v) is 6.08. The SMILES string of the molecule is CCCNCCC=Cc1ccc(C(F)(F)F)cc1. The fourth-order valence-corrected chi connectivity index (χ4v) is 1.49. The van der Waals surface area contributed by atoms with E-state index in [9.17, 15) is 13.2 Å². The van der Waals surface area contributed by atoms with Gasteiger partial charge in [-0.05, 0) is 43.6 Å². The van der Waals surface area contributed by atoms with Gasteiger partial charge in [0.25, 0.3) is 0 Å². The normalized spacial score (nSPS) is 12.2. The number of rotatable bonds is 6. The van der Waals surface area contributed by atoms with Gasteiger partial charge in [0.05, 0.1) is 5.56 Å². The standard InChI is InChI=1S/C14H18F3N/c1-2-10-18-11-4-3-5-12-6-8-13(9-7-12)14(15,16)17/h3,5-9,18H,2,4,10-11H2,1H3. The number of benzene rings is 1. The lowest BCUT2D eigenvalue weighted by Gasteiger charge is -2.05. The van der Waals surface area contributed by atoms with E-state index in [1.165, 1.54) is 12.1 Å². The Balaban J connectivity index is 2.41. The van der Waals surface area contributed by atoms with Gasteiger partial charge in [-0.25, -0.2) is 0 Å². The number of hydrogen-bond acceptors (Lipinski definition) is 1. The van der Waals surface area contributed by atoms with Crippen LogP contribution in [0.4, 0.5) is 13.2 Å². The van der Waals surface area contributed by atoms with Crippen LogP contribution in [0.3, 0.4) is 0 Å². The van der Waals surface area contributed by atoms with Crippen LogP contribution in [0.15, 0.2) is 30.3 Å². The molecule has 1 rings (SSSR count). The predicted molar refractivity (Wildman–Crippen MR) is 68.3 cm³/mol. The molecule has 18 heavy (non-hydrogen) atoms. The van der Waals surface area contributed by atoms with E-state index in [4.69, 9.17) is 0 Å². The van der Waals surface area contributed by atoms with Crippen molar-refractivity contribution in [1.82, 2.24) is 5.32 Å². The van der Waals surface area contributed by atoms with Crippen LogP contribution >= 0.6 is 0 Å². The Hall–Kier alpha value is -1.29. The van der Waals surface area contributed by atoms with Crippen LogP contribution in [0.25, 0.3) is 6.08 Å². The first-order valence-electron chi connectivity index (χ1n) is 6.08. The summed E-state index contributed by atoms with van der Waals surface area (Å²) >= 11 is 0. The maximum atomic E-state index is 12.3. The molecule has 0 aromatic heterocycles. The average molecular weight is 257 g/mol. The third-order valence-corrected chi connectivity index (χ3v) is 2.46. The van der Waals surface area contributed by atoms with Crippen molar-refractivity contribution < 1.29 is 13.2 Å². The molecular weight excluding hydrogens is 239 g/mol. The molecule has 0 unspecified atom stereocenters. The summed E-state index contributed by atoms with van der Waals surface area (Å²) in [4.78, 5) is 0. The molecule has 0 aliphatic carbocycles. The molecule has 0 aliphatic rings. The molecule has 0 amide bonds. The summed E-state index contributed by atoms with van der Waals surface area (Å²) in [6.07, 6.45) is 1.52. The highest BCUT2D eigenvalue weighted by atomic mass is 19.4. The van der Waals surface area contributed by atoms with Crippen LogP contribution in [0.2, 0.25) is 0 Å². The Kier molecular flexibility index (Phi) is 5.92. The Morgan fingerprint density at radius 2 is 1.78 bits per heavy atom. The zero-order valence-corrected chi connectivity index (χ0v) is 10.4. The summed E-state index contributed by atoms with van der Waals surface area (Å²) < 4.78 is 37.0. The molecule has 1 N–H and O–H groups in total. The second kappa shape index (κ2) is 7.21. The lowest BCUT2D eigenvalue weighted by Crippen LogP contribution is -2.14. The van der Waals surface area contributed by atoms with Crippen LogP contribution < -0.4 is 5.32 Å². The molecule has 0 spiro atoms. The zero-order valence-electron chi connectivity index (χ0n) is 10.4. The van der Waals surface area contributed by atoms with Gasteiger partial charge in [0.15, 0.2) is 0 Å². The fourth-order valence-electron chi connectivity index (χ4n) is 1.49. The molecular formula is C14H18F3N. The van der Waals surface area contributed by atoms with E-state index >= 15 is 0 Å². The van der Waals surface area contributed by atoms with Crippen molar-refractivity contribution in [2.75, 3.05) is 13.1 Å². The summed E-state index contributed by atoms with van der Waals surface area (Å²) in [7, 11) is 0. The van der Waals surface area contributed by atoms with Crippen molar-refractivity contribution >= 4 is 6.08 Å². The topological polar surface area (TPSA) is 12.0 Å². The highest BCUT2D eigenvalue weighted by Crippen LogP contribution is 2.29. The second-order valence-electron chi connectivity index (χ2n) is 4.06. The second-order valence-corrected chi connectivity index (χ2v) is 4.06. The van der Waals surface area contributed by atoms with E-state index in [0.29, 0.717) is 0 Å². The molecule has 0 bridgehead atoms. The Morgan fingerprint density at radius 1 is 1.11 bits per heavy atom. The lowest BCUT2D eigenvalue weighted by molar-refractivity contribution is -0.137. The van der Waals surface area contributed by atoms with Crippen LogP contribution in [0, 0.1) is 0 Å². The molecule has 100 valence electrons. The van der Waals surface area contributed by atoms with Gasteiger partial charge in [0, 0.05) is 0 Å². The maximum absolute atomic E-state index is 12.3. The van der Waals surface area contributed by atoms with Gasteiger partial charge < -0.3 is 5.32 Å². The van der Waals surface area contributed by atoms with Gasteiger partial charge in [-0.1, -0.05) is 31.2 Å². The minimum Gasteiger partial charge on any atom is -0.316 e. The minimum absolute atomic E-state index is 0.607. The maximum Gasteiger partial charge on any atom is 0.416 e. The van der Waals surface area contributed by atoms with Crippen molar-refractivity contribution in [1.29, 1.82) is 0 Å². The van der Waals surface area contributed by atoms with Gasteiger partial charge in [-0.3, -0.25) is 0 Å². The summed E-state index contributed by atoms with van der Waals surface area (Å²) in [5.41, 5.74) is 0.183. The number of halogens is 3. The monoisotopic (exact) mass is 257 g/mol. The molecule has 1 aromatic carbocycles. The molecule has 0 radical (unpaired) electrons. The Morgan fingerprint density at radius 3 is 2.33 bits per heavy atom. The number of alkyl halides is 3. The van der Waals surface area contributed by atoms with E-state index in [1.807, 2.05) is 12.2 Å². The Labute approximate surface area is 106 Å². The molecule has 0 saturated heterocycles. The summed E-state index contributed by atoms with van der Waals surface area (Å²) in [5.74, 6) is 0. The molecule has 0 atom stereocenters. The summed E-state index contributed by atoms with van der Waals surface area (Å²) in [5, 5.41) is 3.25. The third-order valence-electron chi connectivity index (χ3n) is 2.46. The summed E-state index contributed by atoms with van der Waals surface area (Å²) in [6.45, 7) is 3.99. The molecule has 1 nitrogen and oxygen atoms in total. The smallest absolute Gasteiger partial charge is 0.316 e. The van der Waals surface area contributed by atoms with Gasteiger partial charge in [-0.2, -0.15) is 13.2 Å². The molecule has 0 aliphatic heterocycles.